The van der Waals surface area contributed by atoms with E-state index in [1.165, 1.54) is 11.1 Å². The fourth-order valence-electron chi connectivity index (χ4n) is 3.43. The van der Waals surface area contributed by atoms with Crippen LogP contribution in [-0.4, -0.2) is 42.7 Å². The molecule has 0 radical (unpaired) electrons. The Hall–Kier alpha value is -2.47. The lowest BCUT2D eigenvalue weighted by molar-refractivity contribution is -0.126. The molecule has 1 saturated heterocycles. The molecule has 0 aliphatic carbocycles. The third kappa shape index (κ3) is 4.19. The second-order valence-electron chi connectivity index (χ2n) is 6.93. The summed E-state index contributed by atoms with van der Waals surface area (Å²) in [4.78, 5) is 23.4. The van der Waals surface area contributed by atoms with Gasteiger partial charge in [0.1, 0.15) is 5.82 Å². The van der Waals surface area contributed by atoms with Gasteiger partial charge in [-0.15, -0.1) is 0 Å². The van der Waals surface area contributed by atoms with Gasteiger partial charge in [-0.1, -0.05) is 18.2 Å². The predicted molar refractivity (Wildman–Crippen MR) is 101 cm³/mol. The zero-order chi connectivity index (χ0) is 18.5. The summed E-state index contributed by atoms with van der Waals surface area (Å²) in [5, 5.41) is 3.09. The molecule has 0 saturated carbocycles. The fourth-order valence-corrected chi connectivity index (χ4v) is 3.43. The van der Waals surface area contributed by atoms with Gasteiger partial charge in [-0.25, -0.2) is 4.98 Å². The highest BCUT2D eigenvalue weighted by molar-refractivity contribution is 5.80. The number of aryl methyl sites for hydroxylation is 2. The van der Waals surface area contributed by atoms with Crippen LogP contribution in [0, 0.1) is 25.7 Å². The maximum atomic E-state index is 12.8. The van der Waals surface area contributed by atoms with Crippen molar-refractivity contribution < 1.29 is 9.53 Å². The number of amides is 1. The van der Waals surface area contributed by atoms with Crippen molar-refractivity contribution in [2.24, 2.45) is 11.8 Å². The second-order valence-corrected chi connectivity index (χ2v) is 6.93. The number of carbonyl (C=O) groups excluding carboxylic acids is 1. The summed E-state index contributed by atoms with van der Waals surface area (Å²) >= 11 is 0. The Balaban J connectivity index is 1.65. The molecular formula is C20H26N4O2. The molecule has 2 heterocycles. The number of aromatic nitrogens is 2. The van der Waals surface area contributed by atoms with Gasteiger partial charge in [-0.3, -0.25) is 9.78 Å². The van der Waals surface area contributed by atoms with Crippen molar-refractivity contribution in [3.63, 3.8) is 0 Å². The van der Waals surface area contributed by atoms with Gasteiger partial charge < -0.3 is 15.0 Å². The highest BCUT2D eigenvalue weighted by atomic mass is 16.5. The molecule has 6 nitrogen and oxygen atoms in total. The lowest BCUT2D eigenvalue weighted by Crippen LogP contribution is -2.36. The third-order valence-electron chi connectivity index (χ3n) is 5.07. The van der Waals surface area contributed by atoms with Crippen molar-refractivity contribution in [1.82, 2.24) is 15.3 Å². The monoisotopic (exact) mass is 354 g/mol. The molecule has 2 unspecified atom stereocenters. The number of benzene rings is 1. The van der Waals surface area contributed by atoms with Crippen molar-refractivity contribution in [2.75, 3.05) is 31.7 Å². The summed E-state index contributed by atoms with van der Waals surface area (Å²) in [6, 6.07) is 6.29. The zero-order valence-corrected chi connectivity index (χ0v) is 15.6. The average molecular weight is 354 g/mol. The van der Waals surface area contributed by atoms with Crippen molar-refractivity contribution >= 4 is 11.7 Å². The molecule has 0 spiro atoms. The van der Waals surface area contributed by atoms with Gasteiger partial charge in [0.2, 0.25) is 5.91 Å². The molecule has 3 rings (SSSR count). The van der Waals surface area contributed by atoms with Gasteiger partial charge in [-0.2, -0.15) is 0 Å². The van der Waals surface area contributed by atoms with Crippen LogP contribution in [-0.2, 0) is 16.1 Å². The quantitative estimate of drug-likeness (QED) is 0.861. The maximum absolute atomic E-state index is 12.8. The first-order valence-corrected chi connectivity index (χ1v) is 8.92. The molecule has 1 fully saturated rings. The van der Waals surface area contributed by atoms with Crippen LogP contribution in [0.25, 0.3) is 0 Å². The minimum absolute atomic E-state index is 0.0664. The highest BCUT2D eigenvalue weighted by Gasteiger charge is 2.38. The lowest BCUT2D eigenvalue weighted by atomic mass is 9.96. The van der Waals surface area contributed by atoms with Gasteiger partial charge in [0.15, 0.2) is 0 Å². The van der Waals surface area contributed by atoms with Crippen LogP contribution in [0.2, 0.25) is 0 Å². The largest absolute Gasteiger partial charge is 0.384 e. The molecule has 2 atom stereocenters. The third-order valence-corrected chi connectivity index (χ3v) is 5.07. The molecule has 1 amide bonds. The normalized spacial score (nSPS) is 19.6. The predicted octanol–water partition coefficient (Wildman–Crippen LogP) is 2.11. The molecule has 1 aliphatic heterocycles. The SMILES string of the molecule is COCC1CN(c2cnccn2)CC1C(=O)NCc1ccc(C)c(C)c1. The number of hydrogen-bond acceptors (Lipinski definition) is 5. The van der Waals surface area contributed by atoms with E-state index < -0.39 is 0 Å². The van der Waals surface area contributed by atoms with Crippen LogP contribution in [0.5, 0.6) is 0 Å². The summed E-state index contributed by atoms with van der Waals surface area (Å²) in [6.07, 6.45) is 5.06. The van der Waals surface area contributed by atoms with E-state index in [9.17, 15) is 4.79 Å². The van der Waals surface area contributed by atoms with E-state index >= 15 is 0 Å². The molecular weight excluding hydrogens is 328 g/mol. The number of methoxy groups -OCH3 is 1. The smallest absolute Gasteiger partial charge is 0.225 e. The van der Waals surface area contributed by atoms with Gasteiger partial charge in [-0.05, 0) is 30.5 Å². The fraction of sp³-hybridized carbons (Fsp3) is 0.450. The van der Waals surface area contributed by atoms with E-state index in [1.807, 2.05) is 0 Å². The Kier molecular flexibility index (Phi) is 5.83. The summed E-state index contributed by atoms with van der Waals surface area (Å²) in [6.45, 7) is 6.65. The molecule has 2 aromatic rings. The zero-order valence-electron chi connectivity index (χ0n) is 15.6. The van der Waals surface area contributed by atoms with Crippen LogP contribution in [0.1, 0.15) is 16.7 Å². The highest BCUT2D eigenvalue weighted by Crippen LogP contribution is 2.27. The van der Waals surface area contributed by atoms with Crippen molar-refractivity contribution in [1.29, 1.82) is 0 Å². The first-order chi connectivity index (χ1) is 12.6. The standard InChI is InChI=1S/C20H26N4O2/c1-14-4-5-16(8-15(14)2)9-23-20(25)18-12-24(11-17(18)13-26-3)19-10-21-6-7-22-19/h4-8,10,17-18H,9,11-13H2,1-3H3,(H,23,25). The number of hydrogen-bond donors (Lipinski definition) is 1. The number of nitrogens with zero attached hydrogens (tertiary/aromatic N) is 3. The molecule has 6 heteroatoms. The summed E-state index contributed by atoms with van der Waals surface area (Å²) in [7, 11) is 1.68. The van der Waals surface area contributed by atoms with Gasteiger partial charge >= 0.3 is 0 Å². The summed E-state index contributed by atoms with van der Waals surface area (Å²) in [5.41, 5.74) is 3.62. The van der Waals surface area contributed by atoms with Crippen molar-refractivity contribution in [3.8, 4) is 0 Å². The van der Waals surface area contributed by atoms with E-state index in [4.69, 9.17) is 4.74 Å². The Labute approximate surface area is 154 Å². The van der Waals surface area contributed by atoms with Crippen molar-refractivity contribution in [2.45, 2.75) is 20.4 Å². The van der Waals surface area contributed by atoms with Crippen LogP contribution in [0.4, 0.5) is 5.82 Å². The van der Waals surface area contributed by atoms with Gasteiger partial charge in [0.25, 0.3) is 0 Å². The van der Waals surface area contributed by atoms with E-state index in [0.29, 0.717) is 19.7 Å². The van der Waals surface area contributed by atoms with Crippen molar-refractivity contribution in [3.05, 3.63) is 53.5 Å². The van der Waals surface area contributed by atoms with Gasteiger partial charge in [0.05, 0.1) is 18.7 Å². The number of anilines is 1. The number of nitrogens with one attached hydrogen (secondary N) is 1. The Morgan fingerprint density at radius 1 is 1.27 bits per heavy atom. The Morgan fingerprint density at radius 2 is 2.12 bits per heavy atom. The summed E-state index contributed by atoms with van der Waals surface area (Å²) in [5.74, 6) is 0.889. The topological polar surface area (TPSA) is 67.3 Å². The molecule has 0 bridgehead atoms. The van der Waals surface area contributed by atoms with E-state index in [-0.39, 0.29) is 17.7 Å². The maximum Gasteiger partial charge on any atom is 0.225 e. The van der Waals surface area contributed by atoms with E-state index in [1.54, 1.807) is 25.7 Å². The molecule has 1 aliphatic rings. The van der Waals surface area contributed by atoms with Crippen LogP contribution < -0.4 is 10.2 Å². The van der Waals surface area contributed by atoms with Crippen LogP contribution in [0.3, 0.4) is 0 Å². The molecule has 1 aromatic heterocycles. The number of rotatable bonds is 6. The van der Waals surface area contributed by atoms with Gasteiger partial charge in [0, 0.05) is 45.1 Å². The Bertz CT molecular complexity index is 751. The number of carbonyl (C=O) groups is 1. The Morgan fingerprint density at radius 3 is 2.81 bits per heavy atom. The van der Waals surface area contributed by atoms with Crippen LogP contribution >= 0.6 is 0 Å². The molecule has 1 aromatic carbocycles. The first-order valence-electron chi connectivity index (χ1n) is 8.92. The minimum Gasteiger partial charge on any atom is -0.384 e. The minimum atomic E-state index is -0.122. The summed E-state index contributed by atoms with van der Waals surface area (Å²) < 4.78 is 5.34. The van der Waals surface area contributed by atoms with Crippen LogP contribution in [0.15, 0.2) is 36.8 Å². The lowest BCUT2D eigenvalue weighted by Gasteiger charge is -2.17. The molecule has 1 N–H and O–H groups in total. The van der Waals surface area contributed by atoms with E-state index in [2.05, 4.69) is 52.2 Å². The molecule has 138 valence electrons. The first kappa shape index (κ1) is 18.3. The van der Waals surface area contributed by atoms with E-state index in [0.717, 1.165) is 17.9 Å². The molecule has 26 heavy (non-hydrogen) atoms. The second kappa shape index (κ2) is 8.27. The average Bonchev–Trinajstić information content (AvgIpc) is 3.07. The number of ether oxygens (including phenoxy) is 1.